The van der Waals surface area contributed by atoms with Crippen LogP contribution in [0.15, 0.2) is 27.3 Å². The fourth-order valence-electron chi connectivity index (χ4n) is 6.14. The van der Waals surface area contributed by atoms with Crippen LogP contribution >= 0.6 is 35.3 Å². The van der Waals surface area contributed by atoms with Gasteiger partial charge in [-0.15, -0.1) is 23.5 Å². The second-order valence-corrected chi connectivity index (χ2v) is 15.4. The van der Waals surface area contributed by atoms with Gasteiger partial charge in [-0.2, -0.15) is 0 Å². The molecule has 0 radical (unpaired) electrons. The van der Waals surface area contributed by atoms with Crippen molar-refractivity contribution >= 4 is 35.3 Å². The van der Waals surface area contributed by atoms with Gasteiger partial charge in [0, 0.05) is 73.3 Å². The SMILES string of the molecule is CSc1ncc(C(O)(c2c3c(c(SC)c4c2OC(C)(C)O4)OC(C)(C)O3)c2c3c(c(SC)c4c2OC(C)(C)O4)OC(C)(C)O3)cn1. The van der Waals surface area contributed by atoms with E-state index in [0.29, 0.717) is 37.9 Å². The molecular formula is C32H36N2O9S3. The highest BCUT2D eigenvalue weighted by Gasteiger charge is 2.57. The molecule has 1 N–H and O–H groups in total. The van der Waals surface area contributed by atoms with Crippen LogP contribution in [0.1, 0.15) is 72.1 Å². The predicted molar refractivity (Wildman–Crippen MR) is 174 cm³/mol. The molecule has 1 aromatic heterocycles. The molecule has 2 aromatic carbocycles. The van der Waals surface area contributed by atoms with Crippen molar-refractivity contribution in [2.45, 2.75) is 99.1 Å². The number of fused-ring (bicyclic) bond motifs is 4. The molecule has 0 bridgehead atoms. The number of nitrogens with zero attached hydrogens (tertiary/aromatic N) is 2. The number of rotatable bonds is 6. The third-order valence-corrected chi connectivity index (χ3v) is 9.84. The molecule has 46 heavy (non-hydrogen) atoms. The summed E-state index contributed by atoms with van der Waals surface area (Å²) in [6.45, 7) is 14.4. The Kier molecular flexibility index (Phi) is 6.83. The summed E-state index contributed by atoms with van der Waals surface area (Å²) in [7, 11) is 0. The van der Waals surface area contributed by atoms with Crippen molar-refractivity contribution < 1.29 is 43.0 Å². The van der Waals surface area contributed by atoms with Crippen LogP contribution < -0.4 is 37.9 Å². The highest BCUT2D eigenvalue weighted by Crippen LogP contribution is 2.68. The fourth-order valence-corrected chi connectivity index (χ4v) is 7.73. The van der Waals surface area contributed by atoms with Crippen LogP contribution in [0, 0.1) is 0 Å². The summed E-state index contributed by atoms with van der Waals surface area (Å²) in [5.41, 5.74) is -1.44. The molecular weight excluding hydrogens is 653 g/mol. The van der Waals surface area contributed by atoms with Crippen LogP contribution in [0.2, 0.25) is 0 Å². The molecule has 4 aliphatic heterocycles. The van der Waals surface area contributed by atoms with Gasteiger partial charge in [-0.25, -0.2) is 9.97 Å². The summed E-state index contributed by atoms with van der Waals surface area (Å²) < 4.78 is 51.8. The fraction of sp³-hybridized carbons (Fsp3) is 0.500. The lowest BCUT2D eigenvalue weighted by Crippen LogP contribution is -2.35. The molecule has 0 saturated heterocycles. The molecule has 0 atom stereocenters. The minimum Gasteiger partial charge on any atom is -0.448 e. The Morgan fingerprint density at radius 2 is 0.783 bits per heavy atom. The van der Waals surface area contributed by atoms with Gasteiger partial charge >= 0.3 is 0 Å². The lowest BCUT2D eigenvalue weighted by atomic mass is 9.78. The van der Waals surface area contributed by atoms with Crippen molar-refractivity contribution in [2.24, 2.45) is 0 Å². The summed E-state index contributed by atoms with van der Waals surface area (Å²) >= 11 is 4.24. The van der Waals surface area contributed by atoms with Gasteiger partial charge in [-0.05, 0) is 18.8 Å². The Balaban J connectivity index is 1.66. The topological polar surface area (TPSA) is 120 Å². The summed E-state index contributed by atoms with van der Waals surface area (Å²) in [6, 6.07) is 0. The first-order chi connectivity index (χ1) is 21.4. The number of thioether (sulfide) groups is 3. The normalized spacial score (nSPS) is 19.9. The maximum atomic E-state index is 13.8. The summed E-state index contributed by atoms with van der Waals surface area (Å²) in [6.07, 6.45) is 8.86. The number of ether oxygens (including phenoxy) is 8. The lowest BCUT2D eigenvalue weighted by Gasteiger charge is -2.33. The highest BCUT2D eigenvalue weighted by atomic mass is 32.2. The number of aliphatic hydroxyl groups is 1. The quantitative estimate of drug-likeness (QED) is 0.212. The maximum Gasteiger partial charge on any atom is 0.246 e. The van der Waals surface area contributed by atoms with Crippen molar-refractivity contribution in [2.75, 3.05) is 18.8 Å². The number of hydrogen-bond donors (Lipinski definition) is 1. The van der Waals surface area contributed by atoms with Crippen LogP contribution in [0.25, 0.3) is 0 Å². The van der Waals surface area contributed by atoms with Gasteiger partial charge < -0.3 is 43.0 Å². The molecule has 246 valence electrons. The van der Waals surface area contributed by atoms with Gasteiger partial charge in [-0.3, -0.25) is 0 Å². The first-order valence-electron chi connectivity index (χ1n) is 14.6. The van der Waals surface area contributed by atoms with Gasteiger partial charge in [0.1, 0.15) is 0 Å². The van der Waals surface area contributed by atoms with E-state index in [1.165, 1.54) is 35.3 Å². The molecule has 14 heteroatoms. The van der Waals surface area contributed by atoms with Gasteiger partial charge in [-0.1, -0.05) is 11.8 Å². The Morgan fingerprint density at radius 1 is 0.500 bits per heavy atom. The minimum atomic E-state index is -2.16. The van der Waals surface area contributed by atoms with Crippen LogP contribution in [0.4, 0.5) is 0 Å². The van der Waals surface area contributed by atoms with E-state index in [1.54, 1.807) is 67.8 Å². The molecule has 4 aliphatic rings. The molecule has 0 amide bonds. The summed E-state index contributed by atoms with van der Waals surface area (Å²) in [5.74, 6) is -1.56. The van der Waals surface area contributed by atoms with Crippen LogP contribution in [0.5, 0.6) is 46.0 Å². The molecule has 0 unspecified atom stereocenters. The molecule has 0 fully saturated rings. The van der Waals surface area contributed by atoms with Crippen LogP contribution in [-0.2, 0) is 5.60 Å². The molecule has 7 rings (SSSR count). The van der Waals surface area contributed by atoms with Crippen LogP contribution in [0.3, 0.4) is 0 Å². The summed E-state index contributed by atoms with van der Waals surface area (Å²) in [4.78, 5) is 10.5. The Hall–Kier alpha value is -3.07. The van der Waals surface area contributed by atoms with Crippen molar-refractivity contribution in [1.82, 2.24) is 9.97 Å². The highest BCUT2D eigenvalue weighted by molar-refractivity contribution is 7.99. The smallest absolute Gasteiger partial charge is 0.246 e. The van der Waals surface area contributed by atoms with E-state index < -0.39 is 28.7 Å². The van der Waals surface area contributed by atoms with Crippen molar-refractivity contribution in [3.8, 4) is 46.0 Å². The minimum absolute atomic E-state index is 0.217. The molecule has 0 saturated carbocycles. The number of hydrogen-bond acceptors (Lipinski definition) is 14. The van der Waals surface area contributed by atoms with E-state index in [0.717, 1.165) is 0 Å². The molecule has 11 nitrogen and oxygen atoms in total. The molecule has 0 spiro atoms. The van der Waals surface area contributed by atoms with Crippen molar-refractivity contribution in [3.05, 3.63) is 29.1 Å². The first-order valence-corrected chi connectivity index (χ1v) is 18.3. The maximum absolute atomic E-state index is 13.8. The van der Waals surface area contributed by atoms with E-state index in [9.17, 15) is 5.11 Å². The van der Waals surface area contributed by atoms with Crippen LogP contribution in [-0.4, -0.2) is 57.0 Å². The predicted octanol–water partition coefficient (Wildman–Crippen LogP) is 6.96. The van der Waals surface area contributed by atoms with E-state index in [2.05, 4.69) is 9.97 Å². The zero-order valence-electron chi connectivity index (χ0n) is 27.5. The summed E-state index contributed by atoms with van der Waals surface area (Å²) in [5, 5.41) is 14.3. The first kappa shape index (κ1) is 31.5. The van der Waals surface area contributed by atoms with E-state index >= 15 is 0 Å². The molecule has 3 aromatic rings. The Labute approximate surface area is 280 Å². The van der Waals surface area contributed by atoms with Crippen molar-refractivity contribution in [1.29, 1.82) is 0 Å². The standard InChI is InChI=1S/C32H36N2O9S3/c1-28(2)36-17-15(18-22(41-29(3,4)37-18)25(44-9)21(17)40-28)32(35,14-12-33-27(46-11)34-13-14)16-19-23(42-30(5,6)38-19)26(45-10)24-20(16)39-31(7,8)43-24/h12-13,35H,1-11H3. The second kappa shape index (κ2) is 9.97. The van der Waals surface area contributed by atoms with Gasteiger partial charge in [0.25, 0.3) is 0 Å². The largest absolute Gasteiger partial charge is 0.448 e. The number of benzene rings is 2. The molecule has 0 aliphatic carbocycles. The second-order valence-electron chi connectivity index (χ2n) is 13.0. The zero-order valence-corrected chi connectivity index (χ0v) is 29.9. The van der Waals surface area contributed by atoms with Gasteiger partial charge in [0.2, 0.25) is 23.1 Å². The molecule has 5 heterocycles. The zero-order chi connectivity index (χ0) is 33.2. The van der Waals surface area contributed by atoms with E-state index in [1.807, 2.05) is 18.8 Å². The third-order valence-electron chi connectivity index (χ3n) is 7.70. The van der Waals surface area contributed by atoms with E-state index in [4.69, 9.17) is 37.9 Å². The lowest BCUT2D eigenvalue weighted by molar-refractivity contribution is -0.0542. The number of aromatic nitrogens is 2. The Morgan fingerprint density at radius 3 is 1.04 bits per heavy atom. The van der Waals surface area contributed by atoms with Gasteiger partial charge in [0.15, 0.2) is 56.8 Å². The Bertz CT molecular complexity index is 1600. The van der Waals surface area contributed by atoms with Crippen molar-refractivity contribution in [3.63, 3.8) is 0 Å². The van der Waals surface area contributed by atoms with E-state index in [-0.39, 0.29) is 39.7 Å². The third kappa shape index (κ3) is 4.61. The average molecular weight is 689 g/mol. The monoisotopic (exact) mass is 688 g/mol. The average Bonchev–Trinajstić information content (AvgIpc) is 3.66. The van der Waals surface area contributed by atoms with Gasteiger partial charge in [0.05, 0.1) is 20.9 Å².